The van der Waals surface area contributed by atoms with Gasteiger partial charge in [-0.3, -0.25) is 9.35 Å². The van der Waals surface area contributed by atoms with Gasteiger partial charge in [0.15, 0.2) is 0 Å². The third-order valence-corrected chi connectivity index (χ3v) is 1.93. The number of carboxylic acid groups (broad SMARTS) is 1. The quantitative estimate of drug-likeness (QED) is 0.404. The van der Waals surface area contributed by atoms with Crippen molar-refractivity contribution < 1.29 is 32.4 Å². The number of hydrogen-bond donors (Lipinski definition) is 4. The van der Waals surface area contributed by atoms with Gasteiger partial charge in [0, 0.05) is 6.54 Å². The highest BCUT2D eigenvalue weighted by atomic mass is 32.2. The van der Waals surface area contributed by atoms with Gasteiger partial charge in [0.05, 0.1) is 6.26 Å². The molecule has 0 aliphatic carbocycles. The minimum absolute atomic E-state index is 0.408. The molecule has 0 aliphatic heterocycles. The van der Waals surface area contributed by atoms with Crippen molar-refractivity contribution in [2.24, 2.45) is 5.73 Å². The Morgan fingerprint density at radius 1 is 1.27 bits per heavy atom. The number of nitrogens with two attached hydrogens (primary N) is 1. The van der Waals surface area contributed by atoms with Crippen LogP contribution in [0.5, 0.6) is 0 Å². The summed E-state index contributed by atoms with van der Waals surface area (Å²) in [5, 5.41) is 11.1. The van der Waals surface area contributed by atoms with Gasteiger partial charge in [0.2, 0.25) is 0 Å². The molecular formula is C12H26N2O7S. The number of hydrogen-bond acceptors (Lipinski definition) is 6. The third kappa shape index (κ3) is 23.7. The van der Waals surface area contributed by atoms with Crippen molar-refractivity contribution in [2.45, 2.75) is 51.7 Å². The zero-order valence-electron chi connectivity index (χ0n) is 13.3. The molecule has 0 aliphatic rings. The topological polar surface area (TPSA) is 156 Å². The van der Waals surface area contributed by atoms with Crippen LogP contribution in [0.25, 0.3) is 0 Å². The van der Waals surface area contributed by atoms with Crippen LogP contribution in [0.4, 0.5) is 4.79 Å². The number of unbranched alkanes of at least 4 members (excludes halogenated alkanes) is 1. The molecule has 0 radical (unpaired) electrons. The number of carbonyl (C=O) groups is 2. The fraction of sp³-hybridized carbons (Fsp3) is 0.833. The molecular weight excluding hydrogens is 316 g/mol. The van der Waals surface area contributed by atoms with Crippen LogP contribution < -0.4 is 11.1 Å². The number of carboxylic acids is 1. The van der Waals surface area contributed by atoms with Gasteiger partial charge in [0.25, 0.3) is 10.1 Å². The summed E-state index contributed by atoms with van der Waals surface area (Å²) >= 11 is 0. The lowest BCUT2D eigenvalue weighted by atomic mass is 10.1. The first-order valence-corrected chi connectivity index (χ1v) is 8.45. The van der Waals surface area contributed by atoms with E-state index in [9.17, 15) is 18.0 Å². The van der Waals surface area contributed by atoms with Crippen molar-refractivity contribution in [1.82, 2.24) is 5.32 Å². The summed E-state index contributed by atoms with van der Waals surface area (Å²) in [5.41, 5.74) is 4.83. The summed E-state index contributed by atoms with van der Waals surface area (Å²) in [6.45, 7) is 5.83. The molecule has 0 unspecified atom stereocenters. The Morgan fingerprint density at radius 2 is 1.73 bits per heavy atom. The molecule has 0 aromatic carbocycles. The number of carbonyl (C=O) groups excluding carboxylic acids is 1. The molecule has 1 atom stereocenters. The predicted octanol–water partition coefficient (Wildman–Crippen LogP) is 0.597. The molecule has 132 valence electrons. The fourth-order valence-corrected chi connectivity index (χ4v) is 1.12. The summed E-state index contributed by atoms with van der Waals surface area (Å²) in [6.07, 6.45) is 2.00. The van der Waals surface area contributed by atoms with Gasteiger partial charge >= 0.3 is 12.1 Å². The molecule has 0 aromatic rings. The Bertz CT molecular complexity index is 435. The van der Waals surface area contributed by atoms with Crippen molar-refractivity contribution in [2.75, 3.05) is 12.8 Å². The highest BCUT2D eigenvalue weighted by Gasteiger charge is 2.15. The monoisotopic (exact) mass is 342 g/mol. The van der Waals surface area contributed by atoms with Gasteiger partial charge in [-0.2, -0.15) is 8.42 Å². The Balaban J connectivity index is 0. The first kappa shape index (κ1) is 22.9. The molecule has 1 amide bonds. The molecule has 0 heterocycles. The third-order valence-electron chi connectivity index (χ3n) is 1.93. The first-order valence-electron chi connectivity index (χ1n) is 6.60. The number of amides is 1. The van der Waals surface area contributed by atoms with Gasteiger partial charge in [-0.1, -0.05) is 0 Å². The summed E-state index contributed by atoms with van der Waals surface area (Å²) in [7, 11) is -3.67. The van der Waals surface area contributed by atoms with E-state index in [0.29, 0.717) is 32.1 Å². The van der Waals surface area contributed by atoms with Crippen LogP contribution in [0, 0.1) is 0 Å². The fourth-order valence-electron chi connectivity index (χ4n) is 1.12. The smallest absolute Gasteiger partial charge is 0.407 e. The zero-order valence-corrected chi connectivity index (χ0v) is 14.1. The second-order valence-electron chi connectivity index (χ2n) is 5.60. The predicted molar refractivity (Wildman–Crippen MR) is 81.2 cm³/mol. The van der Waals surface area contributed by atoms with Crippen LogP contribution in [0.1, 0.15) is 40.0 Å². The maximum Gasteiger partial charge on any atom is 0.407 e. The van der Waals surface area contributed by atoms with Gasteiger partial charge in [0.1, 0.15) is 11.6 Å². The highest BCUT2D eigenvalue weighted by molar-refractivity contribution is 7.85. The van der Waals surface area contributed by atoms with E-state index in [1.807, 2.05) is 0 Å². The molecule has 0 spiro atoms. The van der Waals surface area contributed by atoms with E-state index in [0.717, 1.165) is 0 Å². The molecule has 0 saturated heterocycles. The van der Waals surface area contributed by atoms with Crippen LogP contribution in [-0.4, -0.2) is 54.6 Å². The van der Waals surface area contributed by atoms with Crippen LogP contribution in [0.3, 0.4) is 0 Å². The second kappa shape index (κ2) is 10.4. The van der Waals surface area contributed by atoms with Crippen molar-refractivity contribution in [3.63, 3.8) is 0 Å². The van der Waals surface area contributed by atoms with Gasteiger partial charge in [-0.15, -0.1) is 0 Å². The number of ether oxygens (including phenoxy) is 1. The lowest BCUT2D eigenvalue weighted by Gasteiger charge is -2.19. The van der Waals surface area contributed by atoms with Crippen molar-refractivity contribution in [3.05, 3.63) is 0 Å². The average molecular weight is 342 g/mol. The molecule has 10 heteroatoms. The van der Waals surface area contributed by atoms with E-state index in [2.05, 4.69) is 5.32 Å². The van der Waals surface area contributed by atoms with Crippen molar-refractivity contribution in [1.29, 1.82) is 0 Å². The highest BCUT2D eigenvalue weighted by Crippen LogP contribution is 2.06. The maximum absolute atomic E-state index is 11.2. The van der Waals surface area contributed by atoms with Crippen molar-refractivity contribution in [3.8, 4) is 0 Å². The minimum Gasteiger partial charge on any atom is -0.480 e. The Hall–Kier alpha value is -1.39. The van der Waals surface area contributed by atoms with Gasteiger partial charge in [-0.25, -0.2) is 4.79 Å². The molecule has 9 nitrogen and oxygen atoms in total. The normalized spacial score (nSPS) is 12.6. The Labute approximate surface area is 131 Å². The van der Waals surface area contributed by atoms with E-state index in [1.54, 1.807) is 20.8 Å². The summed E-state index contributed by atoms with van der Waals surface area (Å²) in [4.78, 5) is 21.6. The number of aliphatic carboxylic acids is 1. The van der Waals surface area contributed by atoms with E-state index in [1.165, 1.54) is 0 Å². The number of alkyl carbamates (subject to hydrolysis) is 1. The molecule has 0 bridgehead atoms. The Morgan fingerprint density at radius 3 is 2.09 bits per heavy atom. The molecule has 5 N–H and O–H groups in total. The number of nitrogens with one attached hydrogen (secondary N) is 1. The van der Waals surface area contributed by atoms with E-state index < -0.39 is 33.8 Å². The first-order chi connectivity index (χ1) is 9.72. The van der Waals surface area contributed by atoms with Crippen LogP contribution in [0.2, 0.25) is 0 Å². The van der Waals surface area contributed by atoms with E-state index >= 15 is 0 Å². The molecule has 0 aromatic heterocycles. The summed E-state index contributed by atoms with van der Waals surface area (Å²) in [6, 6.07) is -0.823. The van der Waals surface area contributed by atoms with E-state index in [4.69, 9.17) is 20.1 Å². The average Bonchev–Trinajstić information content (AvgIpc) is 2.23. The summed E-state index contributed by atoms with van der Waals surface area (Å²) < 4.78 is 30.9. The standard InChI is InChI=1S/C11H22N2O4.CH4O3S/c1-11(2,3)17-10(16)13-7-5-4-6-8(12)9(14)15;1-5(2,3)4/h8H,4-7,12H2,1-3H3,(H,13,16)(H,14,15);1H3,(H,2,3,4)/t8-;/m0./s1. The molecule has 0 fully saturated rings. The SMILES string of the molecule is CC(C)(C)OC(=O)NCCCC[C@H](N)C(=O)O.CS(=O)(=O)O. The largest absolute Gasteiger partial charge is 0.480 e. The molecule has 0 saturated carbocycles. The van der Waals surface area contributed by atoms with Crippen LogP contribution in [0.15, 0.2) is 0 Å². The molecule has 0 rings (SSSR count). The minimum atomic E-state index is -3.67. The second-order valence-corrected chi connectivity index (χ2v) is 7.07. The number of rotatable bonds is 6. The van der Waals surface area contributed by atoms with Crippen LogP contribution >= 0.6 is 0 Å². The van der Waals surface area contributed by atoms with Gasteiger partial charge in [-0.05, 0) is 40.0 Å². The lowest BCUT2D eigenvalue weighted by molar-refractivity contribution is -0.138. The van der Waals surface area contributed by atoms with Gasteiger partial charge < -0.3 is 20.9 Å². The summed E-state index contributed by atoms with van der Waals surface area (Å²) in [5.74, 6) is -0.995. The Kier molecular flexibility index (Phi) is 10.8. The zero-order chi connectivity index (χ0) is 18.0. The maximum atomic E-state index is 11.2. The van der Waals surface area contributed by atoms with Crippen molar-refractivity contribution >= 4 is 22.2 Å². The molecule has 22 heavy (non-hydrogen) atoms. The lowest BCUT2D eigenvalue weighted by Crippen LogP contribution is -2.33. The van der Waals surface area contributed by atoms with E-state index in [-0.39, 0.29) is 0 Å². The van der Waals surface area contributed by atoms with Crippen LogP contribution in [-0.2, 0) is 19.6 Å².